The van der Waals surface area contributed by atoms with E-state index in [1.807, 2.05) is 31.2 Å². The van der Waals surface area contributed by atoms with E-state index in [0.29, 0.717) is 15.5 Å². The molecule has 1 aromatic carbocycles. The van der Waals surface area contributed by atoms with Gasteiger partial charge in [0, 0.05) is 5.56 Å². The molecule has 0 spiro atoms. The minimum atomic E-state index is -0.505. The third-order valence-corrected chi connectivity index (χ3v) is 5.64. The zero-order chi connectivity index (χ0) is 20.0. The highest BCUT2D eigenvalue weighted by Crippen LogP contribution is 2.28. The van der Waals surface area contributed by atoms with Gasteiger partial charge in [-0.2, -0.15) is 14.6 Å². The van der Waals surface area contributed by atoms with Crippen LogP contribution in [0.4, 0.5) is 5.82 Å². The lowest BCUT2D eigenvalue weighted by Crippen LogP contribution is -2.17. The predicted molar refractivity (Wildman–Crippen MR) is 113 cm³/mol. The SMILES string of the molecule is Cc1ccc(-c2nn3c(N)c(C=C4C=C(Cl)C(=O)C(Cl)=C4)c(=O)nc3s2)cc1. The van der Waals surface area contributed by atoms with Crippen molar-refractivity contribution in [1.29, 1.82) is 0 Å². The van der Waals surface area contributed by atoms with E-state index in [0.717, 1.165) is 11.1 Å². The average Bonchev–Trinajstić information content (AvgIpc) is 3.07. The Kier molecular flexibility index (Phi) is 4.66. The number of fused-ring (bicyclic) bond motifs is 1. The van der Waals surface area contributed by atoms with Crippen LogP contribution in [0.2, 0.25) is 0 Å². The molecule has 0 fully saturated rings. The van der Waals surface area contributed by atoms with Crippen LogP contribution < -0.4 is 11.3 Å². The maximum absolute atomic E-state index is 12.5. The third kappa shape index (κ3) is 3.28. The minimum Gasteiger partial charge on any atom is -0.383 e. The molecule has 0 bridgehead atoms. The second-order valence-corrected chi connectivity index (χ2v) is 7.91. The van der Waals surface area contributed by atoms with Crippen molar-refractivity contribution in [1.82, 2.24) is 14.6 Å². The highest BCUT2D eigenvalue weighted by atomic mass is 35.5. The lowest BCUT2D eigenvalue weighted by molar-refractivity contribution is -0.111. The molecule has 0 saturated carbocycles. The van der Waals surface area contributed by atoms with Gasteiger partial charge in [-0.15, -0.1) is 0 Å². The summed E-state index contributed by atoms with van der Waals surface area (Å²) in [5, 5.41) is 5.10. The average molecular weight is 431 g/mol. The summed E-state index contributed by atoms with van der Waals surface area (Å²) in [7, 11) is 0. The van der Waals surface area contributed by atoms with Crippen molar-refractivity contribution < 1.29 is 4.79 Å². The highest BCUT2D eigenvalue weighted by Gasteiger charge is 2.19. The van der Waals surface area contributed by atoms with E-state index in [-0.39, 0.29) is 21.4 Å². The number of aryl methyl sites for hydroxylation is 1. The molecule has 0 amide bonds. The summed E-state index contributed by atoms with van der Waals surface area (Å²) in [6, 6.07) is 7.86. The molecule has 4 rings (SSSR count). The van der Waals surface area contributed by atoms with Gasteiger partial charge in [0.05, 0.1) is 15.6 Å². The highest BCUT2D eigenvalue weighted by molar-refractivity contribution is 7.19. The summed E-state index contributed by atoms with van der Waals surface area (Å²) in [4.78, 5) is 28.6. The van der Waals surface area contributed by atoms with Crippen molar-refractivity contribution in [3.63, 3.8) is 0 Å². The molecule has 0 saturated heterocycles. The van der Waals surface area contributed by atoms with Gasteiger partial charge in [-0.25, -0.2) is 0 Å². The van der Waals surface area contributed by atoms with Gasteiger partial charge in [-0.05, 0) is 30.7 Å². The van der Waals surface area contributed by atoms with Gasteiger partial charge in [0.2, 0.25) is 10.7 Å². The molecule has 9 heteroatoms. The number of ketones is 1. The molecule has 0 radical (unpaired) electrons. The van der Waals surface area contributed by atoms with Crippen molar-refractivity contribution in [2.45, 2.75) is 6.92 Å². The van der Waals surface area contributed by atoms with E-state index in [4.69, 9.17) is 28.9 Å². The number of aromatic nitrogens is 3. The van der Waals surface area contributed by atoms with E-state index in [1.165, 1.54) is 34.1 Å². The van der Waals surface area contributed by atoms with Crippen LogP contribution in [0.25, 0.3) is 21.6 Å². The lowest BCUT2D eigenvalue weighted by Gasteiger charge is -2.07. The summed E-state index contributed by atoms with van der Waals surface area (Å²) in [5.74, 6) is -0.330. The number of hydrogen-bond donors (Lipinski definition) is 1. The van der Waals surface area contributed by atoms with Crippen LogP contribution in [0.3, 0.4) is 0 Å². The number of carbonyl (C=O) groups is 1. The molecular weight excluding hydrogens is 419 g/mol. The molecule has 6 nitrogen and oxygen atoms in total. The Labute approximate surface area is 173 Å². The first kappa shape index (κ1) is 18.6. The quantitative estimate of drug-likeness (QED) is 0.664. The third-order valence-electron chi connectivity index (χ3n) is 4.12. The number of hydrogen-bond acceptors (Lipinski definition) is 6. The fourth-order valence-corrected chi connectivity index (χ4v) is 4.07. The zero-order valence-corrected chi connectivity index (χ0v) is 16.8. The van der Waals surface area contributed by atoms with Crippen LogP contribution in [0, 0.1) is 6.92 Å². The number of allylic oxidation sites excluding steroid dienone is 5. The summed E-state index contributed by atoms with van der Waals surface area (Å²) in [5.41, 5.74) is 8.34. The van der Waals surface area contributed by atoms with Gasteiger partial charge in [0.25, 0.3) is 5.56 Å². The van der Waals surface area contributed by atoms with Gasteiger partial charge < -0.3 is 5.73 Å². The molecule has 0 aliphatic heterocycles. The van der Waals surface area contributed by atoms with Gasteiger partial charge in [-0.1, -0.05) is 64.4 Å². The van der Waals surface area contributed by atoms with Crippen LogP contribution in [0.1, 0.15) is 11.1 Å². The molecule has 2 aromatic heterocycles. The Bertz CT molecular complexity index is 1260. The maximum Gasteiger partial charge on any atom is 0.283 e. The number of nitrogens with zero attached hydrogens (tertiary/aromatic N) is 3. The molecule has 2 heterocycles. The monoisotopic (exact) mass is 430 g/mol. The molecule has 28 heavy (non-hydrogen) atoms. The first-order chi connectivity index (χ1) is 13.3. The van der Waals surface area contributed by atoms with Crippen molar-refractivity contribution in [3.05, 3.63) is 73.5 Å². The number of anilines is 1. The maximum atomic E-state index is 12.5. The fraction of sp³-hybridized carbons (Fsp3) is 0.0526. The second-order valence-electron chi connectivity index (χ2n) is 6.14. The molecule has 2 N–H and O–H groups in total. The predicted octanol–water partition coefficient (Wildman–Crippen LogP) is 3.92. The van der Waals surface area contributed by atoms with Crippen LogP contribution in [0.5, 0.6) is 0 Å². The zero-order valence-electron chi connectivity index (χ0n) is 14.4. The van der Waals surface area contributed by atoms with E-state index >= 15 is 0 Å². The molecule has 1 aliphatic rings. The molecular formula is C19H12Cl2N4O2S. The number of rotatable bonds is 2. The minimum absolute atomic E-state index is 0.0400. The van der Waals surface area contributed by atoms with Crippen LogP contribution in [-0.2, 0) is 4.79 Å². The Balaban J connectivity index is 1.85. The number of carbonyl (C=O) groups excluding carboxylic acids is 1. The van der Waals surface area contributed by atoms with Gasteiger partial charge in [-0.3, -0.25) is 9.59 Å². The Hall–Kier alpha value is -2.74. The van der Waals surface area contributed by atoms with Crippen molar-refractivity contribution in [2.24, 2.45) is 0 Å². The van der Waals surface area contributed by atoms with Crippen molar-refractivity contribution in [3.8, 4) is 10.6 Å². The van der Waals surface area contributed by atoms with E-state index in [1.54, 1.807) is 0 Å². The van der Waals surface area contributed by atoms with E-state index in [9.17, 15) is 9.59 Å². The van der Waals surface area contributed by atoms with Crippen LogP contribution >= 0.6 is 34.5 Å². The van der Waals surface area contributed by atoms with E-state index < -0.39 is 11.3 Å². The van der Waals surface area contributed by atoms with Crippen LogP contribution in [-0.4, -0.2) is 20.4 Å². The number of benzene rings is 1. The fourth-order valence-electron chi connectivity index (χ4n) is 2.66. The first-order valence-corrected chi connectivity index (χ1v) is 9.68. The van der Waals surface area contributed by atoms with Crippen molar-refractivity contribution >= 4 is 57.2 Å². The van der Waals surface area contributed by atoms with E-state index in [2.05, 4.69) is 10.1 Å². The summed E-state index contributed by atoms with van der Waals surface area (Å²) in [6.07, 6.45) is 4.32. The number of Topliss-reactive ketones (excluding diaryl/α,β-unsaturated/α-hetero) is 1. The molecule has 0 atom stereocenters. The summed E-state index contributed by atoms with van der Waals surface area (Å²) in [6.45, 7) is 2.00. The first-order valence-electron chi connectivity index (χ1n) is 8.10. The smallest absolute Gasteiger partial charge is 0.283 e. The molecule has 3 aromatic rings. The topological polar surface area (TPSA) is 90.4 Å². The lowest BCUT2D eigenvalue weighted by atomic mass is 10.1. The Morgan fingerprint density at radius 3 is 2.39 bits per heavy atom. The Morgan fingerprint density at radius 2 is 1.75 bits per heavy atom. The van der Waals surface area contributed by atoms with Crippen LogP contribution in [0.15, 0.2) is 56.8 Å². The number of nitrogens with two attached hydrogens (primary N) is 1. The standard InChI is InChI=1S/C19H12Cl2N4O2S/c1-9-2-4-11(5-3-9)18-24-25-16(22)12(17(27)23-19(25)28-18)6-10-7-13(20)15(26)14(21)8-10/h2-8H,22H2,1H3. The molecule has 0 unspecified atom stereocenters. The van der Waals surface area contributed by atoms with Gasteiger partial charge in [0.1, 0.15) is 10.8 Å². The second kappa shape index (κ2) is 7.01. The van der Waals surface area contributed by atoms with Gasteiger partial charge in [0.15, 0.2) is 0 Å². The number of halogens is 2. The van der Waals surface area contributed by atoms with Crippen molar-refractivity contribution in [2.75, 3.05) is 5.73 Å². The van der Waals surface area contributed by atoms with Gasteiger partial charge >= 0.3 is 0 Å². The normalized spacial score (nSPS) is 14.2. The Morgan fingerprint density at radius 1 is 1.11 bits per heavy atom. The summed E-state index contributed by atoms with van der Waals surface area (Å²) >= 11 is 13.0. The molecule has 1 aliphatic carbocycles. The largest absolute Gasteiger partial charge is 0.383 e. The summed E-state index contributed by atoms with van der Waals surface area (Å²) < 4.78 is 1.43. The number of nitrogen functional groups attached to an aromatic ring is 1. The molecule has 140 valence electrons.